The third kappa shape index (κ3) is 2.05. The van der Waals surface area contributed by atoms with Crippen LogP contribution in [0.25, 0.3) is 11.0 Å². The summed E-state index contributed by atoms with van der Waals surface area (Å²) in [5.41, 5.74) is 1.33. The molecule has 7 nitrogen and oxygen atoms in total. The monoisotopic (exact) mass is 296 g/mol. The molecule has 0 spiro atoms. The van der Waals surface area contributed by atoms with E-state index in [9.17, 15) is 15.0 Å². The summed E-state index contributed by atoms with van der Waals surface area (Å²) < 4.78 is 0. The third-order valence-electron chi connectivity index (χ3n) is 3.68. The lowest BCUT2D eigenvalue weighted by Gasteiger charge is -2.14. The highest BCUT2D eigenvalue weighted by Crippen LogP contribution is 2.31. The second kappa shape index (κ2) is 5.21. The van der Waals surface area contributed by atoms with Gasteiger partial charge in [0.15, 0.2) is 0 Å². The molecule has 3 heterocycles. The van der Waals surface area contributed by atoms with Crippen LogP contribution in [0, 0.1) is 0 Å². The molecule has 0 radical (unpaired) electrons. The van der Waals surface area contributed by atoms with Crippen LogP contribution in [0.5, 0.6) is 0 Å². The standard InChI is InChI=1S/C12H16N4O3S/c1-20-3-6-10(17)11(18)8(16-6)5-2-13-9-7(5)14-4-15-12(9)19/h2,4,6,8,10-11,13,16-18H,3H2,1H3,(H,14,15,19)/t6-,8-,10-,11-/m0/s1. The molecule has 3 rings (SSSR count). The van der Waals surface area contributed by atoms with Gasteiger partial charge in [-0.15, -0.1) is 0 Å². The van der Waals surface area contributed by atoms with E-state index in [0.29, 0.717) is 22.3 Å². The highest BCUT2D eigenvalue weighted by molar-refractivity contribution is 7.98. The Kier molecular flexibility index (Phi) is 3.55. The largest absolute Gasteiger partial charge is 0.389 e. The predicted molar refractivity (Wildman–Crippen MR) is 76.8 cm³/mol. The van der Waals surface area contributed by atoms with Gasteiger partial charge in [0.1, 0.15) is 17.1 Å². The summed E-state index contributed by atoms with van der Waals surface area (Å²) >= 11 is 1.60. The van der Waals surface area contributed by atoms with Crippen molar-refractivity contribution in [2.24, 2.45) is 0 Å². The third-order valence-corrected chi connectivity index (χ3v) is 4.37. The molecule has 2 aromatic rings. The van der Waals surface area contributed by atoms with Crippen LogP contribution in [0.2, 0.25) is 0 Å². The number of aliphatic hydroxyl groups excluding tert-OH is 2. The van der Waals surface area contributed by atoms with Crippen molar-refractivity contribution in [3.8, 4) is 0 Å². The summed E-state index contributed by atoms with van der Waals surface area (Å²) in [6, 6.07) is -0.623. The first kappa shape index (κ1) is 13.6. The van der Waals surface area contributed by atoms with Gasteiger partial charge >= 0.3 is 0 Å². The fourth-order valence-corrected chi connectivity index (χ4v) is 3.32. The summed E-state index contributed by atoms with van der Waals surface area (Å²) in [5.74, 6) is 0.699. The van der Waals surface area contributed by atoms with Crippen molar-refractivity contribution in [1.29, 1.82) is 0 Å². The molecule has 2 aromatic heterocycles. The van der Waals surface area contributed by atoms with Gasteiger partial charge in [0.2, 0.25) is 0 Å². The van der Waals surface area contributed by atoms with E-state index in [1.807, 2.05) is 6.26 Å². The maximum atomic E-state index is 11.7. The van der Waals surface area contributed by atoms with E-state index in [2.05, 4.69) is 20.3 Å². The Balaban J connectivity index is 1.99. The smallest absolute Gasteiger partial charge is 0.275 e. The van der Waals surface area contributed by atoms with Gasteiger partial charge in [-0.1, -0.05) is 0 Å². The number of aliphatic hydroxyl groups is 2. The minimum absolute atomic E-state index is 0.183. The molecule has 1 fully saturated rings. The first-order valence-corrected chi connectivity index (χ1v) is 7.68. The molecule has 0 amide bonds. The van der Waals surface area contributed by atoms with Gasteiger partial charge in [0, 0.05) is 23.6 Å². The molecular weight excluding hydrogens is 280 g/mol. The molecule has 4 atom stereocenters. The average Bonchev–Trinajstić information content (AvgIpc) is 2.97. The molecule has 20 heavy (non-hydrogen) atoms. The molecule has 5 N–H and O–H groups in total. The Bertz CT molecular complexity index is 670. The number of fused-ring (bicyclic) bond motifs is 1. The van der Waals surface area contributed by atoms with Crippen LogP contribution in [0.1, 0.15) is 11.6 Å². The van der Waals surface area contributed by atoms with E-state index in [4.69, 9.17) is 0 Å². The second-order valence-electron chi connectivity index (χ2n) is 4.89. The van der Waals surface area contributed by atoms with Crippen molar-refractivity contribution in [3.05, 3.63) is 28.4 Å². The Morgan fingerprint density at radius 3 is 2.90 bits per heavy atom. The van der Waals surface area contributed by atoms with E-state index in [-0.39, 0.29) is 11.6 Å². The molecule has 108 valence electrons. The van der Waals surface area contributed by atoms with E-state index in [1.165, 1.54) is 6.33 Å². The number of aromatic amines is 2. The number of nitrogens with zero attached hydrogens (tertiary/aromatic N) is 1. The summed E-state index contributed by atoms with van der Waals surface area (Å²) in [4.78, 5) is 21.2. The predicted octanol–water partition coefficient (Wildman–Crippen LogP) is -0.651. The van der Waals surface area contributed by atoms with Crippen molar-refractivity contribution in [3.63, 3.8) is 0 Å². The summed E-state index contributed by atoms with van der Waals surface area (Å²) in [5, 5.41) is 23.5. The van der Waals surface area contributed by atoms with Crippen LogP contribution in [0.15, 0.2) is 17.3 Å². The van der Waals surface area contributed by atoms with Crippen LogP contribution in [0.3, 0.4) is 0 Å². The number of H-pyrrole nitrogens is 2. The SMILES string of the molecule is CSC[C@@H]1N[C@@H](c2c[nH]c3c(=O)[nH]cnc23)[C@H](O)[C@H]1O. The van der Waals surface area contributed by atoms with Crippen molar-refractivity contribution >= 4 is 22.8 Å². The fraction of sp³-hybridized carbons (Fsp3) is 0.500. The summed E-state index contributed by atoms with van der Waals surface area (Å²) in [6.45, 7) is 0. The Labute approximate surface area is 118 Å². The van der Waals surface area contributed by atoms with E-state index in [1.54, 1.807) is 18.0 Å². The molecule has 1 aliphatic rings. The fourth-order valence-electron chi connectivity index (χ4n) is 2.67. The number of rotatable bonds is 3. The van der Waals surface area contributed by atoms with E-state index < -0.39 is 18.2 Å². The first-order chi connectivity index (χ1) is 9.63. The summed E-state index contributed by atoms with van der Waals surface area (Å²) in [6.07, 6.45) is 3.17. The van der Waals surface area contributed by atoms with E-state index >= 15 is 0 Å². The molecule has 0 saturated carbocycles. The minimum atomic E-state index is -0.924. The number of nitrogens with one attached hydrogen (secondary N) is 3. The minimum Gasteiger partial charge on any atom is -0.389 e. The number of aromatic nitrogens is 3. The second-order valence-corrected chi connectivity index (χ2v) is 5.80. The van der Waals surface area contributed by atoms with Crippen LogP contribution in [-0.4, -0.2) is 55.4 Å². The molecule has 8 heteroatoms. The maximum absolute atomic E-state index is 11.7. The van der Waals surface area contributed by atoms with Gasteiger partial charge in [-0.05, 0) is 6.26 Å². The zero-order valence-corrected chi connectivity index (χ0v) is 11.6. The molecule has 0 aliphatic carbocycles. The topological polar surface area (TPSA) is 114 Å². The van der Waals surface area contributed by atoms with E-state index in [0.717, 1.165) is 0 Å². The molecule has 1 saturated heterocycles. The lowest BCUT2D eigenvalue weighted by Crippen LogP contribution is -2.34. The van der Waals surface area contributed by atoms with Crippen LogP contribution in [-0.2, 0) is 0 Å². The first-order valence-electron chi connectivity index (χ1n) is 6.29. The lowest BCUT2D eigenvalue weighted by molar-refractivity contribution is 0.0308. The lowest BCUT2D eigenvalue weighted by atomic mass is 10.0. The van der Waals surface area contributed by atoms with Crippen LogP contribution in [0.4, 0.5) is 0 Å². The average molecular weight is 296 g/mol. The van der Waals surface area contributed by atoms with Gasteiger partial charge in [0.05, 0.1) is 18.5 Å². The van der Waals surface area contributed by atoms with Crippen molar-refractivity contribution in [1.82, 2.24) is 20.3 Å². The van der Waals surface area contributed by atoms with Gasteiger partial charge < -0.3 is 25.5 Å². The van der Waals surface area contributed by atoms with Gasteiger partial charge in [0.25, 0.3) is 5.56 Å². The molecule has 1 aliphatic heterocycles. The quantitative estimate of drug-likeness (QED) is 0.514. The van der Waals surface area contributed by atoms with Crippen LogP contribution < -0.4 is 10.9 Å². The summed E-state index contributed by atoms with van der Waals surface area (Å²) in [7, 11) is 0. The Hall–Kier alpha value is -1.35. The Morgan fingerprint density at radius 2 is 2.15 bits per heavy atom. The van der Waals surface area contributed by atoms with Crippen molar-refractivity contribution in [2.45, 2.75) is 24.3 Å². The molecular formula is C12H16N4O3S. The molecule has 0 aromatic carbocycles. The normalized spacial score (nSPS) is 30.1. The van der Waals surface area contributed by atoms with Crippen molar-refractivity contribution in [2.75, 3.05) is 12.0 Å². The number of thioether (sulfide) groups is 1. The van der Waals surface area contributed by atoms with Crippen molar-refractivity contribution < 1.29 is 10.2 Å². The zero-order valence-electron chi connectivity index (χ0n) is 10.8. The highest BCUT2D eigenvalue weighted by Gasteiger charge is 2.42. The Morgan fingerprint density at radius 1 is 1.35 bits per heavy atom. The van der Waals surface area contributed by atoms with Gasteiger partial charge in [-0.25, -0.2) is 4.98 Å². The number of hydrogen-bond donors (Lipinski definition) is 5. The zero-order chi connectivity index (χ0) is 14.3. The molecule has 0 unspecified atom stereocenters. The maximum Gasteiger partial charge on any atom is 0.275 e. The molecule has 0 bridgehead atoms. The highest BCUT2D eigenvalue weighted by atomic mass is 32.2. The van der Waals surface area contributed by atoms with Crippen LogP contribution >= 0.6 is 11.8 Å². The number of hydrogen-bond acceptors (Lipinski definition) is 6. The van der Waals surface area contributed by atoms with Gasteiger partial charge in [-0.3, -0.25) is 4.79 Å². The van der Waals surface area contributed by atoms with Gasteiger partial charge in [-0.2, -0.15) is 11.8 Å².